The Morgan fingerprint density at radius 3 is 1.35 bits per heavy atom. The molecule has 2 aromatic heterocycles. The Kier molecular flexibility index (Phi) is 3.03. The smallest absolute Gasteiger partial charge is 0.0189 e. The standard InChI is InChI=1S/C16H20N2O2/c1-7-5-9(3)17-13(7)11-15(19)12(16(11)20)14-8(2)6-10(4)18-14/h5-6,11-12,15-18H,1-4H3/q-2. The van der Waals surface area contributed by atoms with E-state index >= 15 is 0 Å². The Balaban J connectivity index is 1.90. The number of H-pyrrole nitrogens is 2. The van der Waals surface area contributed by atoms with Crippen LogP contribution >= 0.6 is 0 Å². The summed E-state index contributed by atoms with van der Waals surface area (Å²) in [6.07, 6.45) is -1.74. The summed E-state index contributed by atoms with van der Waals surface area (Å²) in [5.41, 5.74) is 5.72. The maximum absolute atomic E-state index is 12.5. The molecule has 1 fully saturated rings. The molecule has 108 valence electrons. The lowest BCUT2D eigenvalue weighted by Gasteiger charge is -2.61. The minimum absolute atomic E-state index is 0.447. The van der Waals surface area contributed by atoms with Gasteiger partial charge < -0.3 is 20.2 Å². The summed E-state index contributed by atoms with van der Waals surface area (Å²) in [6, 6.07) is 3.98. The summed E-state index contributed by atoms with van der Waals surface area (Å²) in [4.78, 5) is 6.38. The van der Waals surface area contributed by atoms with Gasteiger partial charge in [-0.05, 0) is 62.8 Å². The SMILES string of the molecule is Cc1cc(C)c(C2C([O-])C(c3[nH]c(C)cc3C)C2[O-])[nH]1. The van der Waals surface area contributed by atoms with Crippen LogP contribution in [0.4, 0.5) is 0 Å². The predicted molar refractivity (Wildman–Crippen MR) is 73.6 cm³/mol. The Morgan fingerprint density at radius 2 is 1.10 bits per heavy atom. The summed E-state index contributed by atoms with van der Waals surface area (Å²) >= 11 is 0. The third-order valence-corrected chi connectivity index (χ3v) is 4.46. The summed E-state index contributed by atoms with van der Waals surface area (Å²) in [7, 11) is 0. The summed E-state index contributed by atoms with van der Waals surface area (Å²) < 4.78 is 0. The van der Waals surface area contributed by atoms with Crippen molar-refractivity contribution in [3.8, 4) is 0 Å². The van der Waals surface area contributed by atoms with Gasteiger partial charge in [-0.25, -0.2) is 0 Å². The van der Waals surface area contributed by atoms with Gasteiger partial charge in [0.1, 0.15) is 0 Å². The molecule has 4 nitrogen and oxygen atoms in total. The van der Waals surface area contributed by atoms with Crippen LogP contribution in [0.25, 0.3) is 0 Å². The highest BCUT2D eigenvalue weighted by Gasteiger charge is 2.41. The second-order valence-electron chi connectivity index (χ2n) is 6.08. The molecule has 0 atom stereocenters. The van der Waals surface area contributed by atoms with Crippen LogP contribution in [0.15, 0.2) is 12.1 Å². The van der Waals surface area contributed by atoms with Crippen LogP contribution in [0.1, 0.15) is 45.7 Å². The van der Waals surface area contributed by atoms with E-state index in [0.717, 1.165) is 33.9 Å². The molecule has 2 heterocycles. The lowest BCUT2D eigenvalue weighted by atomic mass is 9.65. The van der Waals surface area contributed by atoms with Gasteiger partial charge in [-0.15, -0.1) is 12.2 Å². The third kappa shape index (κ3) is 1.83. The minimum Gasteiger partial charge on any atom is -0.851 e. The van der Waals surface area contributed by atoms with E-state index in [1.807, 2.05) is 39.8 Å². The van der Waals surface area contributed by atoms with Gasteiger partial charge in [-0.1, -0.05) is 0 Å². The fourth-order valence-corrected chi connectivity index (χ4v) is 3.52. The van der Waals surface area contributed by atoms with Gasteiger partial charge in [0.25, 0.3) is 0 Å². The molecule has 1 aliphatic rings. The maximum atomic E-state index is 12.5. The number of aromatic nitrogens is 2. The van der Waals surface area contributed by atoms with Crippen molar-refractivity contribution >= 4 is 0 Å². The molecule has 0 aromatic carbocycles. The van der Waals surface area contributed by atoms with Crippen molar-refractivity contribution in [3.63, 3.8) is 0 Å². The van der Waals surface area contributed by atoms with Gasteiger partial charge in [0, 0.05) is 22.8 Å². The van der Waals surface area contributed by atoms with Gasteiger partial charge in [0.15, 0.2) is 0 Å². The molecular weight excluding hydrogens is 252 g/mol. The minimum atomic E-state index is -0.869. The number of hydrogen-bond donors (Lipinski definition) is 2. The van der Waals surface area contributed by atoms with E-state index in [4.69, 9.17) is 0 Å². The Bertz CT molecular complexity index is 577. The number of rotatable bonds is 2. The van der Waals surface area contributed by atoms with Crippen LogP contribution in [0, 0.1) is 27.7 Å². The Hall–Kier alpha value is -1.52. The molecule has 3 rings (SSSR count). The first kappa shape index (κ1) is 13.5. The molecule has 2 aromatic rings. The van der Waals surface area contributed by atoms with E-state index in [9.17, 15) is 10.2 Å². The molecule has 0 spiro atoms. The third-order valence-electron chi connectivity index (χ3n) is 4.46. The van der Waals surface area contributed by atoms with Gasteiger partial charge in [-0.2, -0.15) is 0 Å². The lowest BCUT2D eigenvalue weighted by Crippen LogP contribution is -2.64. The zero-order valence-corrected chi connectivity index (χ0v) is 12.3. The van der Waals surface area contributed by atoms with E-state index < -0.39 is 24.0 Å². The largest absolute Gasteiger partial charge is 0.851 e. The highest BCUT2D eigenvalue weighted by atomic mass is 16.3. The number of aromatic amines is 2. The zero-order chi connectivity index (χ0) is 14.6. The van der Waals surface area contributed by atoms with Crippen molar-refractivity contribution in [2.24, 2.45) is 0 Å². The summed E-state index contributed by atoms with van der Waals surface area (Å²) in [5, 5.41) is 25.1. The van der Waals surface area contributed by atoms with Gasteiger partial charge >= 0.3 is 0 Å². The average Bonchev–Trinajstić information content (AvgIpc) is 2.83. The number of aryl methyl sites for hydroxylation is 4. The zero-order valence-electron chi connectivity index (χ0n) is 12.3. The van der Waals surface area contributed by atoms with Crippen molar-refractivity contribution in [3.05, 3.63) is 46.0 Å². The van der Waals surface area contributed by atoms with Crippen molar-refractivity contribution in [1.82, 2.24) is 9.97 Å². The van der Waals surface area contributed by atoms with Crippen molar-refractivity contribution in [1.29, 1.82) is 0 Å². The van der Waals surface area contributed by atoms with Crippen molar-refractivity contribution < 1.29 is 10.2 Å². The first-order chi connectivity index (χ1) is 9.40. The van der Waals surface area contributed by atoms with Crippen LogP contribution in [0.2, 0.25) is 0 Å². The second-order valence-corrected chi connectivity index (χ2v) is 6.08. The van der Waals surface area contributed by atoms with E-state index in [1.54, 1.807) is 0 Å². The van der Waals surface area contributed by atoms with E-state index in [2.05, 4.69) is 9.97 Å². The molecule has 0 radical (unpaired) electrons. The fraction of sp³-hybridized carbons (Fsp3) is 0.500. The first-order valence-corrected chi connectivity index (χ1v) is 7.04. The van der Waals surface area contributed by atoms with Crippen LogP contribution < -0.4 is 10.2 Å². The van der Waals surface area contributed by atoms with Crippen LogP contribution in [-0.4, -0.2) is 22.2 Å². The van der Waals surface area contributed by atoms with Crippen LogP contribution in [-0.2, 0) is 0 Å². The van der Waals surface area contributed by atoms with Crippen LogP contribution in [0.3, 0.4) is 0 Å². The lowest BCUT2D eigenvalue weighted by molar-refractivity contribution is -0.536. The maximum Gasteiger partial charge on any atom is 0.0189 e. The van der Waals surface area contributed by atoms with E-state index in [1.165, 1.54) is 0 Å². The molecule has 0 bridgehead atoms. The summed E-state index contributed by atoms with van der Waals surface area (Å²) in [5.74, 6) is -0.895. The molecule has 0 aliphatic heterocycles. The summed E-state index contributed by atoms with van der Waals surface area (Å²) in [6.45, 7) is 7.81. The molecule has 0 saturated heterocycles. The van der Waals surface area contributed by atoms with Crippen molar-refractivity contribution in [2.75, 3.05) is 0 Å². The monoisotopic (exact) mass is 272 g/mol. The number of nitrogens with one attached hydrogen (secondary N) is 2. The van der Waals surface area contributed by atoms with Gasteiger partial charge in [0.2, 0.25) is 0 Å². The van der Waals surface area contributed by atoms with E-state index in [0.29, 0.717) is 0 Å². The Labute approximate surface area is 118 Å². The number of hydrogen-bond acceptors (Lipinski definition) is 2. The Morgan fingerprint density at radius 1 is 0.750 bits per heavy atom. The predicted octanol–water partition coefficient (Wildman–Crippen LogP) is 0.915. The highest BCUT2D eigenvalue weighted by molar-refractivity contribution is 5.38. The second kappa shape index (κ2) is 4.50. The molecule has 0 unspecified atom stereocenters. The van der Waals surface area contributed by atoms with E-state index in [-0.39, 0.29) is 0 Å². The normalized spacial score (nSPS) is 29.5. The average molecular weight is 272 g/mol. The van der Waals surface area contributed by atoms with Crippen molar-refractivity contribution in [2.45, 2.75) is 51.7 Å². The quantitative estimate of drug-likeness (QED) is 0.852. The topological polar surface area (TPSA) is 77.7 Å². The molecule has 0 amide bonds. The molecule has 4 heteroatoms. The van der Waals surface area contributed by atoms with Gasteiger partial charge in [-0.3, -0.25) is 0 Å². The molecule has 2 N–H and O–H groups in total. The molecule has 1 saturated carbocycles. The molecule has 1 aliphatic carbocycles. The molecule has 20 heavy (non-hydrogen) atoms. The molecular formula is C16H20N2O2-2. The van der Waals surface area contributed by atoms with Gasteiger partial charge in [0.05, 0.1) is 0 Å². The fourth-order valence-electron chi connectivity index (χ4n) is 3.52. The first-order valence-electron chi connectivity index (χ1n) is 7.04. The van der Waals surface area contributed by atoms with Crippen LogP contribution in [0.5, 0.6) is 0 Å². The highest BCUT2D eigenvalue weighted by Crippen LogP contribution is 2.46.